The van der Waals surface area contributed by atoms with Gasteiger partial charge in [-0.05, 0) is 44.6 Å². The molecule has 1 aromatic carbocycles. The molecule has 4 rings (SSSR count). The Morgan fingerprint density at radius 3 is 2.61 bits per heavy atom. The third kappa shape index (κ3) is 4.04. The van der Waals surface area contributed by atoms with Gasteiger partial charge in [-0.3, -0.25) is 14.4 Å². The van der Waals surface area contributed by atoms with E-state index in [2.05, 4.69) is 10.6 Å². The molecule has 3 fully saturated rings. The molecule has 0 saturated carbocycles. The van der Waals surface area contributed by atoms with Gasteiger partial charge < -0.3 is 25.4 Å². The van der Waals surface area contributed by atoms with E-state index in [1.54, 1.807) is 4.90 Å². The average Bonchev–Trinajstić information content (AvgIpc) is 3.38. The van der Waals surface area contributed by atoms with Crippen molar-refractivity contribution in [2.24, 2.45) is 11.8 Å². The number of aliphatic hydroxyl groups is 1. The van der Waals surface area contributed by atoms with Gasteiger partial charge in [0.2, 0.25) is 17.7 Å². The van der Waals surface area contributed by atoms with Gasteiger partial charge in [-0.25, -0.2) is 0 Å². The van der Waals surface area contributed by atoms with Gasteiger partial charge >= 0.3 is 0 Å². The number of unbranched alkanes of at least 4 members (excludes halogenated alkanes) is 1. The summed E-state index contributed by atoms with van der Waals surface area (Å²) in [6.45, 7) is 5.16. The number of fused-ring (bicyclic) bond motifs is 1. The van der Waals surface area contributed by atoms with Gasteiger partial charge in [-0.1, -0.05) is 37.3 Å². The number of hydrogen-bond acceptors (Lipinski definition) is 5. The van der Waals surface area contributed by atoms with Gasteiger partial charge in [0.1, 0.15) is 11.6 Å². The van der Waals surface area contributed by atoms with Gasteiger partial charge in [-0.15, -0.1) is 0 Å². The van der Waals surface area contributed by atoms with Crippen LogP contribution in [0.1, 0.15) is 51.5 Å². The van der Waals surface area contributed by atoms with Gasteiger partial charge in [0.15, 0.2) is 0 Å². The molecule has 3 saturated heterocycles. The van der Waals surface area contributed by atoms with E-state index in [0.717, 1.165) is 12.0 Å². The number of amides is 3. The Labute approximate surface area is 195 Å². The lowest BCUT2D eigenvalue weighted by molar-refractivity contribution is -0.146. The van der Waals surface area contributed by atoms with E-state index in [4.69, 9.17) is 4.74 Å². The normalized spacial score (nSPS) is 32.2. The Bertz CT molecular complexity index is 893. The fraction of sp³-hybridized carbons (Fsp3) is 0.640. The predicted molar refractivity (Wildman–Crippen MR) is 122 cm³/mol. The summed E-state index contributed by atoms with van der Waals surface area (Å²) in [5.74, 6) is -1.89. The Balaban J connectivity index is 1.63. The summed E-state index contributed by atoms with van der Waals surface area (Å²) < 4.78 is 6.54. The molecule has 0 radical (unpaired) electrons. The van der Waals surface area contributed by atoms with Crippen molar-refractivity contribution in [2.75, 3.05) is 19.7 Å². The van der Waals surface area contributed by atoms with Crippen LogP contribution in [0, 0.1) is 11.8 Å². The van der Waals surface area contributed by atoms with Crippen LogP contribution >= 0.6 is 0 Å². The molecule has 5 atom stereocenters. The summed E-state index contributed by atoms with van der Waals surface area (Å²) in [5.41, 5.74) is -0.788. The Hall–Kier alpha value is -2.45. The van der Waals surface area contributed by atoms with Gasteiger partial charge in [0.05, 0.1) is 17.4 Å². The zero-order chi connectivity index (χ0) is 23.6. The fourth-order valence-corrected chi connectivity index (χ4v) is 6.00. The number of nitrogens with zero attached hydrogens (tertiary/aromatic N) is 1. The summed E-state index contributed by atoms with van der Waals surface area (Å²) in [6.07, 6.45) is 3.12. The molecule has 1 aromatic rings. The van der Waals surface area contributed by atoms with Crippen molar-refractivity contribution in [2.45, 2.75) is 69.7 Å². The van der Waals surface area contributed by atoms with E-state index in [0.29, 0.717) is 45.3 Å². The van der Waals surface area contributed by atoms with Gasteiger partial charge in [0, 0.05) is 26.2 Å². The molecule has 8 nitrogen and oxygen atoms in total. The summed E-state index contributed by atoms with van der Waals surface area (Å²) in [7, 11) is 0. The van der Waals surface area contributed by atoms with Crippen LogP contribution in [0.15, 0.2) is 30.3 Å². The minimum absolute atomic E-state index is 0.0259. The van der Waals surface area contributed by atoms with Crippen LogP contribution in [-0.4, -0.2) is 64.7 Å². The quantitative estimate of drug-likeness (QED) is 0.460. The first-order chi connectivity index (χ1) is 15.9. The molecule has 3 aliphatic heterocycles. The SMILES string of the molecule is CCCNC(=O)[C@H]1[C@H]2C(=O)N(CCCCO)C(C(=O)NCc3ccccc3)C23CC[C@]1(C)O3. The number of nitrogens with one attached hydrogen (secondary N) is 2. The highest BCUT2D eigenvalue weighted by Crippen LogP contribution is 2.63. The molecule has 2 bridgehead atoms. The number of rotatable bonds is 10. The molecule has 33 heavy (non-hydrogen) atoms. The van der Waals surface area contributed by atoms with E-state index >= 15 is 0 Å². The molecule has 3 heterocycles. The summed E-state index contributed by atoms with van der Waals surface area (Å²) >= 11 is 0. The first-order valence-corrected chi connectivity index (χ1v) is 12.1. The third-order valence-electron chi connectivity index (χ3n) is 7.47. The molecule has 0 aliphatic carbocycles. The maximum Gasteiger partial charge on any atom is 0.246 e. The topological polar surface area (TPSA) is 108 Å². The molecule has 3 N–H and O–H groups in total. The van der Waals surface area contributed by atoms with Crippen molar-refractivity contribution < 1.29 is 24.2 Å². The van der Waals surface area contributed by atoms with Crippen molar-refractivity contribution in [1.29, 1.82) is 0 Å². The second-order valence-corrected chi connectivity index (χ2v) is 9.68. The highest BCUT2D eigenvalue weighted by molar-refractivity contribution is 5.99. The van der Waals surface area contributed by atoms with Crippen molar-refractivity contribution in [3.8, 4) is 0 Å². The van der Waals surface area contributed by atoms with E-state index in [1.165, 1.54) is 0 Å². The zero-order valence-corrected chi connectivity index (χ0v) is 19.5. The van der Waals surface area contributed by atoms with Crippen LogP contribution in [0.4, 0.5) is 0 Å². The van der Waals surface area contributed by atoms with Crippen molar-refractivity contribution >= 4 is 17.7 Å². The van der Waals surface area contributed by atoms with Crippen LogP contribution in [0.25, 0.3) is 0 Å². The fourth-order valence-electron chi connectivity index (χ4n) is 6.00. The zero-order valence-electron chi connectivity index (χ0n) is 19.5. The highest BCUT2D eigenvalue weighted by atomic mass is 16.5. The maximum atomic E-state index is 13.7. The molecule has 3 amide bonds. The number of ether oxygens (including phenoxy) is 1. The number of likely N-dealkylation sites (tertiary alicyclic amines) is 1. The molecule has 8 heteroatoms. The predicted octanol–water partition coefficient (Wildman–Crippen LogP) is 1.37. The molecular formula is C25H35N3O5. The molecular weight excluding hydrogens is 422 g/mol. The molecule has 3 aliphatic rings. The standard InChI is InChI=1S/C25H35N3O5/c1-3-13-26-21(30)18-19-23(32)28(14-7-8-15-29)20(25(19)12-11-24(18,2)33-25)22(31)27-16-17-9-5-4-6-10-17/h4-6,9-10,18-20,29H,3,7-8,11-16H2,1-2H3,(H,26,30)(H,27,31)/t18-,19+,20?,24+,25?/m1/s1. The van der Waals surface area contributed by atoms with Gasteiger partial charge in [-0.2, -0.15) is 0 Å². The Kier molecular flexibility index (Phi) is 6.77. The minimum Gasteiger partial charge on any atom is -0.396 e. The van der Waals surface area contributed by atoms with E-state index in [1.807, 2.05) is 44.2 Å². The summed E-state index contributed by atoms with van der Waals surface area (Å²) in [5, 5.41) is 15.2. The number of benzene rings is 1. The summed E-state index contributed by atoms with van der Waals surface area (Å²) in [6, 6.07) is 8.84. The lowest BCUT2D eigenvalue weighted by Gasteiger charge is -2.33. The lowest BCUT2D eigenvalue weighted by atomic mass is 9.66. The van der Waals surface area contributed by atoms with E-state index in [9.17, 15) is 19.5 Å². The smallest absolute Gasteiger partial charge is 0.246 e. The number of carbonyl (C=O) groups excluding carboxylic acids is 3. The monoisotopic (exact) mass is 457 g/mol. The van der Waals surface area contributed by atoms with Crippen molar-refractivity contribution in [1.82, 2.24) is 15.5 Å². The first kappa shape index (κ1) is 23.7. The van der Waals surface area contributed by atoms with E-state index in [-0.39, 0.29) is 24.3 Å². The third-order valence-corrected chi connectivity index (χ3v) is 7.47. The Morgan fingerprint density at radius 1 is 1.15 bits per heavy atom. The van der Waals surface area contributed by atoms with Crippen LogP contribution < -0.4 is 10.6 Å². The largest absolute Gasteiger partial charge is 0.396 e. The van der Waals surface area contributed by atoms with Crippen molar-refractivity contribution in [3.05, 3.63) is 35.9 Å². The minimum atomic E-state index is -1.000. The summed E-state index contributed by atoms with van der Waals surface area (Å²) in [4.78, 5) is 42.0. The van der Waals surface area contributed by atoms with Crippen LogP contribution in [0.3, 0.4) is 0 Å². The average molecular weight is 458 g/mol. The number of aliphatic hydroxyl groups excluding tert-OH is 1. The molecule has 0 aromatic heterocycles. The van der Waals surface area contributed by atoms with Crippen molar-refractivity contribution in [3.63, 3.8) is 0 Å². The maximum absolute atomic E-state index is 13.7. The molecule has 1 spiro atoms. The second kappa shape index (κ2) is 9.43. The lowest BCUT2D eigenvalue weighted by Crippen LogP contribution is -2.55. The van der Waals surface area contributed by atoms with Crippen LogP contribution in [0.5, 0.6) is 0 Å². The Morgan fingerprint density at radius 2 is 1.91 bits per heavy atom. The molecule has 2 unspecified atom stereocenters. The van der Waals surface area contributed by atoms with Crippen LogP contribution in [-0.2, 0) is 25.7 Å². The van der Waals surface area contributed by atoms with Crippen LogP contribution in [0.2, 0.25) is 0 Å². The second-order valence-electron chi connectivity index (χ2n) is 9.68. The van der Waals surface area contributed by atoms with E-state index < -0.39 is 29.1 Å². The van der Waals surface area contributed by atoms with Gasteiger partial charge in [0.25, 0.3) is 0 Å². The number of carbonyl (C=O) groups is 3. The first-order valence-electron chi connectivity index (χ1n) is 12.1. The number of hydrogen-bond donors (Lipinski definition) is 3. The highest BCUT2D eigenvalue weighted by Gasteiger charge is 2.77. The molecule has 180 valence electrons.